The molecule has 138 valence electrons. The Kier molecular flexibility index (Phi) is 5.73. The Labute approximate surface area is 152 Å². The molecule has 2 heterocycles. The van der Waals surface area contributed by atoms with Crippen molar-refractivity contribution in [2.45, 2.75) is 38.8 Å². The molecule has 1 atom stereocenters. The first-order valence-corrected chi connectivity index (χ1v) is 8.78. The Morgan fingerprint density at radius 1 is 1.27 bits per heavy atom. The zero-order chi connectivity index (χ0) is 18.5. The molecule has 1 N–H and O–H groups in total. The fraction of sp³-hybridized carbons (Fsp3) is 0.400. The van der Waals surface area contributed by atoms with Crippen LogP contribution in [0.3, 0.4) is 0 Å². The van der Waals surface area contributed by atoms with E-state index >= 15 is 0 Å². The fourth-order valence-electron chi connectivity index (χ4n) is 3.27. The molecule has 0 radical (unpaired) electrons. The average Bonchev–Trinajstić information content (AvgIpc) is 3.24. The second-order valence-electron chi connectivity index (χ2n) is 6.59. The number of carboxylic acids is 1. The fourth-order valence-corrected chi connectivity index (χ4v) is 3.27. The summed E-state index contributed by atoms with van der Waals surface area (Å²) in [6, 6.07) is 9.74. The Morgan fingerprint density at radius 3 is 2.69 bits per heavy atom. The Hall–Kier alpha value is -2.60. The topological polar surface area (TPSA) is 80.0 Å². The van der Waals surface area contributed by atoms with Crippen LogP contribution in [0.2, 0.25) is 0 Å². The minimum absolute atomic E-state index is 0.0118. The maximum absolute atomic E-state index is 13.2. The van der Waals surface area contributed by atoms with Gasteiger partial charge in [-0.15, -0.1) is 0 Å². The molecule has 3 rings (SSSR count). The number of hydrogen-bond acceptors (Lipinski definition) is 4. The maximum atomic E-state index is 13.2. The predicted octanol–water partition coefficient (Wildman–Crippen LogP) is 3.04. The van der Waals surface area contributed by atoms with E-state index < -0.39 is 5.97 Å². The molecule has 1 saturated heterocycles. The number of amides is 1. The summed E-state index contributed by atoms with van der Waals surface area (Å²) in [6.45, 7) is 3.39. The van der Waals surface area contributed by atoms with Crippen molar-refractivity contribution in [3.63, 3.8) is 0 Å². The molecule has 0 saturated carbocycles. The summed E-state index contributed by atoms with van der Waals surface area (Å²) in [7, 11) is 0. The zero-order valence-electron chi connectivity index (χ0n) is 14.8. The van der Waals surface area contributed by atoms with Crippen LogP contribution in [0.15, 0.2) is 41.0 Å². The van der Waals surface area contributed by atoms with Gasteiger partial charge in [0.15, 0.2) is 0 Å². The van der Waals surface area contributed by atoms with Gasteiger partial charge in [-0.3, -0.25) is 9.59 Å². The molecular weight excluding hydrogens is 334 g/mol. The van der Waals surface area contributed by atoms with E-state index in [2.05, 4.69) is 0 Å². The molecule has 2 aromatic rings. The van der Waals surface area contributed by atoms with Crippen LogP contribution in [-0.4, -0.2) is 41.1 Å². The first-order chi connectivity index (χ1) is 12.5. The Bertz CT molecular complexity index is 762. The van der Waals surface area contributed by atoms with Crippen LogP contribution in [-0.2, 0) is 22.5 Å². The van der Waals surface area contributed by atoms with Crippen molar-refractivity contribution in [1.82, 2.24) is 4.90 Å². The molecule has 6 nitrogen and oxygen atoms in total. The van der Waals surface area contributed by atoms with Gasteiger partial charge in [0.25, 0.3) is 5.91 Å². The summed E-state index contributed by atoms with van der Waals surface area (Å²) >= 11 is 0. The molecule has 1 aromatic heterocycles. The second kappa shape index (κ2) is 8.19. The van der Waals surface area contributed by atoms with Crippen molar-refractivity contribution in [2.24, 2.45) is 0 Å². The zero-order valence-corrected chi connectivity index (χ0v) is 14.8. The Balaban J connectivity index is 1.86. The largest absolute Gasteiger partial charge is 0.481 e. The lowest BCUT2D eigenvalue weighted by Gasteiger charge is -2.26. The molecule has 0 spiro atoms. The van der Waals surface area contributed by atoms with Crippen LogP contribution in [0.25, 0.3) is 0 Å². The van der Waals surface area contributed by atoms with Gasteiger partial charge in [0.1, 0.15) is 12.2 Å². The van der Waals surface area contributed by atoms with Crippen LogP contribution in [0.5, 0.6) is 0 Å². The van der Waals surface area contributed by atoms with Crippen molar-refractivity contribution in [1.29, 1.82) is 0 Å². The third-order valence-electron chi connectivity index (χ3n) is 4.53. The first kappa shape index (κ1) is 18.2. The van der Waals surface area contributed by atoms with Gasteiger partial charge in [0.2, 0.25) is 0 Å². The summed E-state index contributed by atoms with van der Waals surface area (Å²) in [5.74, 6) is -1.04. The quantitative estimate of drug-likeness (QED) is 0.824. The molecule has 6 heteroatoms. The second-order valence-corrected chi connectivity index (χ2v) is 6.59. The lowest BCUT2D eigenvalue weighted by atomic mass is 10.1. The molecular formula is C20H23NO5. The van der Waals surface area contributed by atoms with Gasteiger partial charge in [0, 0.05) is 25.3 Å². The van der Waals surface area contributed by atoms with Crippen molar-refractivity contribution >= 4 is 11.9 Å². The summed E-state index contributed by atoms with van der Waals surface area (Å²) in [6.07, 6.45) is 3.06. The highest BCUT2D eigenvalue weighted by Crippen LogP contribution is 2.23. The lowest BCUT2D eigenvalue weighted by molar-refractivity contribution is -0.136. The number of carbonyl (C=O) groups excluding carboxylic acids is 1. The van der Waals surface area contributed by atoms with Gasteiger partial charge in [-0.1, -0.05) is 30.3 Å². The van der Waals surface area contributed by atoms with Crippen molar-refractivity contribution in [3.8, 4) is 0 Å². The molecule has 0 bridgehead atoms. The number of benzene rings is 1. The number of carbonyl (C=O) groups is 2. The summed E-state index contributed by atoms with van der Waals surface area (Å²) in [5, 5.41) is 9.08. The molecule has 1 fully saturated rings. The maximum Gasteiger partial charge on any atom is 0.311 e. The third kappa shape index (κ3) is 4.32. The number of furan rings is 1. The molecule has 1 amide bonds. The van der Waals surface area contributed by atoms with E-state index in [-0.39, 0.29) is 24.2 Å². The van der Waals surface area contributed by atoms with E-state index in [1.165, 1.54) is 6.26 Å². The number of aliphatic carboxylic acids is 1. The molecule has 1 unspecified atom stereocenters. The summed E-state index contributed by atoms with van der Waals surface area (Å²) in [5.41, 5.74) is 2.01. The summed E-state index contributed by atoms with van der Waals surface area (Å²) in [4.78, 5) is 26.1. The predicted molar refractivity (Wildman–Crippen MR) is 94.9 cm³/mol. The minimum Gasteiger partial charge on any atom is -0.481 e. The molecule has 1 aliphatic rings. The van der Waals surface area contributed by atoms with Crippen molar-refractivity contribution in [3.05, 3.63) is 59.0 Å². The van der Waals surface area contributed by atoms with Crippen molar-refractivity contribution in [2.75, 3.05) is 13.2 Å². The van der Waals surface area contributed by atoms with Crippen LogP contribution in [0.1, 0.15) is 40.1 Å². The number of hydrogen-bond donors (Lipinski definition) is 1. The highest BCUT2D eigenvalue weighted by Gasteiger charge is 2.28. The Morgan fingerprint density at radius 2 is 2.04 bits per heavy atom. The van der Waals surface area contributed by atoms with E-state index in [0.717, 1.165) is 18.4 Å². The van der Waals surface area contributed by atoms with E-state index in [4.69, 9.17) is 14.3 Å². The third-order valence-corrected chi connectivity index (χ3v) is 4.53. The SMILES string of the molecule is Cc1coc(CC(=O)O)c1C(=O)N(Cc1ccccc1)CC1CCCO1. The van der Waals surface area contributed by atoms with E-state index in [1.54, 1.807) is 11.8 Å². The average molecular weight is 357 g/mol. The van der Waals surface area contributed by atoms with E-state index in [1.807, 2.05) is 30.3 Å². The van der Waals surface area contributed by atoms with E-state index in [9.17, 15) is 9.59 Å². The molecule has 1 aliphatic heterocycles. The minimum atomic E-state index is -1.03. The number of rotatable bonds is 7. The monoisotopic (exact) mass is 357 g/mol. The van der Waals surface area contributed by atoms with Gasteiger partial charge < -0.3 is 19.2 Å². The highest BCUT2D eigenvalue weighted by molar-refractivity contribution is 5.97. The van der Waals surface area contributed by atoms with E-state index in [0.29, 0.717) is 30.8 Å². The molecule has 26 heavy (non-hydrogen) atoms. The highest BCUT2D eigenvalue weighted by atomic mass is 16.5. The lowest BCUT2D eigenvalue weighted by Crippen LogP contribution is -2.37. The molecule has 1 aromatic carbocycles. The van der Waals surface area contributed by atoms with Crippen LogP contribution in [0, 0.1) is 6.92 Å². The number of nitrogens with zero attached hydrogens (tertiary/aromatic N) is 1. The van der Waals surface area contributed by atoms with Crippen LogP contribution in [0.4, 0.5) is 0 Å². The van der Waals surface area contributed by atoms with Crippen LogP contribution < -0.4 is 0 Å². The van der Waals surface area contributed by atoms with Gasteiger partial charge in [-0.05, 0) is 25.3 Å². The van der Waals surface area contributed by atoms with Gasteiger partial charge >= 0.3 is 5.97 Å². The smallest absolute Gasteiger partial charge is 0.311 e. The van der Waals surface area contributed by atoms with Crippen molar-refractivity contribution < 1.29 is 23.8 Å². The van der Waals surface area contributed by atoms with Gasteiger partial charge in [-0.2, -0.15) is 0 Å². The molecule has 0 aliphatic carbocycles. The normalized spacial score (nSPS) is 16.6. The summed E-state index contributed by atoms with van der Waals surface area (Å²) < 4.78 is 11.0. The number of aryl methyl sites for hydroxylation is 1. The number of carboxylic acid groups (broad SMARTS) is 1. The van der Waals surface area contributed by atoms with Gasteiger partial charge in [0.05, 0.1) is 17.9 Å². The first-order valence-electron chi connectivity index (χ1n) is 8.78. The number of ether oxygens (including phenoxy) is 1. The standard InChI is InChI=1S/C20H23NO5/c1-14-13-26-17(10-18(22)23)19(14)20(24)21(12-16-8-5-9-25-16)11-15-6-3-2-4-7-15/h2-4,6-7,13,16H,5,8-12H2,1H3,(H,22,23). The van der Waals surface area contributed by atoms with Crippen LogP contribution >= 0.6 is 0 Å². The van der Waals surface area contributed by atoms with Gasteiger partial charge in [-0.25, -0.2) is 0 Å².